The Hall–Kier alpha value is 0.440. The van der Waals surface area contributed by atoms with E-state index in [1.165, 1.54) is 0 Å². The summed E-state index contributed by atoms with van der Waals surface area (Å²) in [5.41, 5.74) is 0. The summed E-state index contributed by atoms with van der Waals surface area (Å²) in [5.74, 6) is 2.13. The lowest BCUT2D eigenvalue weighted by molar-refractivity contribution is -0.0259. The van der Waals surface area contributed by atoms with Crippen molar-refractivity contribution in [3.8, 4) is 0 Å². The third-order valence-electron chi connectivity index (χ3n) is 2.66. The lowest BCUT2D eigenvalue weighted by atomic mass is 9.84. The molecule has 1 fully saturated rings. The Labute approximate surface area is 71.3 Å². The Balaban J connectivity index is 2.52. The summed E-state index contributed by atoms with van der Waals surface area (Å²) in [4.78, 5) is 0. The molecule has 4 atom stereocenters. The van der Waals surface area contributed by atoms with Crippen molar-refractivity contribution < 1.29 is 4.74 Å². The normalized spacial score (nSPS) is 49.2. The van der Waals surface area contributed by atoms with E-state index >= 15 is 0 Å². The quantitative estimate of drug-likeness (QED) is 0.555. The molecular weight excluding hydrogens is 192 g/mol. The minimum Gasteiger partial charge on any atom is -0.366 e. The average Bonchev–Trinajstić information content (AvgIpc) is 1.93. The third kappa shape index (κ3) is 1.54. The maximum absolute atomic E-state index is 5.49. The van der Waals surface area contributed by atoms with Gasteiger partial charge in [0.2, 0.25) is 0 Å². The molecule has 0 aromatic rings. The Morgan fingerprint density at radius 1 is 1.20 bits per heavy atom. The third-order valence-corrected chi connectivity index (χ3v) is 3.76. The van der Waals surface area contributed by atoms with Crippen LogP contribution in [0.1, 0.15) is 20.8 Å². The van der Waals surface area contributed by atoms with Gasteiger partial charge >= 0.3 is 0 Å². The Kier molecular flexibility index (Phi) is 2.75. The molecule has 0 saturated carbocycles. The highest BCUT2D eigenvalue weighted by Gasteiger charge is 2.30. The van der Waals surface area contributed by atoms with Gasteiger partial charge in [0.1, 0.15) is 5.01 Å². The molecule has 0 aromatic heterocycles. The highest BCUT2D eigenvalue weighted by molar-refractivity contribution is 9.09. The van der Waals surface area contributed by atoms with Gasteiger partial charge in [-0.25, -0.2) is 0 Å². The van der Waals surface area contributed by atoms with Crippen molar-refractivity contribution in [3.05, 3.63) is 0 Å². The number of ether oxygens (including phenoxy) is 1. The molecule has 1 aliphatic rings. The molecule has 1 rings (SSSR count). The van der Waals surface area contributed by atoms with E-state index in [0.717, 1.165) is 12.5 Å². The average molecular weight is 207 g/mol. The van der Waals surface area contributed by atoms with E-state index < -0.39 is 0 Å². The largest absolute Gasteiger partial charge is 0.366 e. The van der Waals surface area contributed by atoms with E-state index in [1.807, 2.05) is 0 Å². The van der Waals surface area contributed by atoms with Crippen LogP contribution in [0.3, 0.4) is 0 Å². The van der Waals surface area contributed by atoms with E-state index in [4.69, 9.17) is 4.74 Å². The predicted octanol–water partition coefficient (Wildman–Crippen LogP) is 2.65. The van der Waals surface area contributed by atoms with Crippen LogP contribution in [0.5, 0.6) is 0 Å². The van der Waals surface area contributed by atoms with Crippen molar-refractivity contribution in [1.29, 1.82) is 0 Å². The molecule has 2 heteroatoms. The molecular formula is C8H15BrO. The topological polar surface area (TPSA) is 9.23 Å². The number of alkyl halides is 1. The van der Waals surface area contributed by atoms with Crippen molar-refractivity contribution >= 4 is 15.9 Å². The maximum Gasteiger partial charge on any atom is 0.115 e. The van der Waals surface area contributed by atoms with Gasteiger partial charge in [0.05, 0.1) is 6.61 Å². The second-order valence-corrected chi connectivity index (χ2v) is 4.28. The van der Waals surface area contributed by atoms with Crippen LogP contribution in [0.2, 0.25) is 0 Å². The first-order valence-corrected chi connectivity index (χ1v) is 4.80. The van der Waals surface area contributed by atoms with Crippen molar-refractivity contribution in [2.75, 3.05) is 6.61 Å². The highest BCUT2D eigenvalue weighted by atomic mass is 79.9. The lowest BCUT2D eigenvalue weighted by Crippen LogP contribution is -2.35. The van der Waals surface area contributed by atoms with Crippen LogP contribution in [-0.4, -0.2) is 11.6 Å². The van der Waals surface area contributed by atoms with Crippen LogP contribution in [0.4, 0.5) is 0 Å². The second kappa shape index (κ2) is 3.22. The fourth-order valence-corrected chi connectivity index (χ4v) is 1.94. The maximum atomic E-state index is 5.49. The zero-order valence-corrected chi connectivity index (χ0v) is 8.39. The number of rotatable bonds is 0. The fraction of sp³-hybridized carbons (Fsp3) is 1.00. The zero-order valence-electron chi connectivity index (χ0n) is 6.80. The molecule has 0 amide bonds. The van der Waals surface area contributed by atoms with Crippen LogP contribution < -0.4 is 0 Å². The molecule has 1 heterocycles. The minimum absolute atomic E-state index is 0.277. The van der Waals surface area contributed by atoms with Gasteiger partial charge in [-0.1, -0.05) is 36.7 Å². The summed E-state index contributed by atoms with van der Waals surface area (Å²) < 4.78 is 5.49. The first-order chi connectivity index (χ1) is 4.63. The van der Waals surface area contributed by atoms with Crippen LogP contribution in [0.25, 0.3) is 0 Å². The van der Waals surface area contributed by atoms with Gasteiger partial charge in [-0.15, -0.1) is 0 Å². The van der Waals surface area contributed by atoms with Crippen molar-refractivity contribution in [3.63, 3.8) is 0 Å². The molecule has 0 bridgehead atoms. The number of halogens is 1. The molecule has 4 unspecified atom stereocenters. The van der Waals surface area contributed by atoms with Crippen LogP contribution >= 0.6 is 15.9 Å². The number of hydrogen-bond acceptors (Lipinski definition) is 1. The summed E-state index contributed by atoms with van der Waals surface area (Å²) in [6.45, 7) is 7.69. The predicted molar refractivity (Wildman–Crippen MR) is 46.2 cm³/mol. The molecule has 0 aromatic carbocycles. The van der Waals surface area contributed by atoms with Crippen molar-refractivity contribution in [2.24, 2.45) is 17.8 Å². The standard InChI is InChI=1S/C8H15BrO/c1-5-4-10-8(9)7(3)6(5)2/h5-8H,4H2,1-3H3. The molecule has 0 N–H and O–H groups in total. The molecule has 10 heavy (non-hydrogen) atoms. The molecule has 60 valence electrons. The lowest BCUT2D eigenvalue weighted by Gasteiger charge is -2.35. The van der Waals surface area contributed by atoms with Gasteiger partial charge in [-0.05, 0) is 17.8 Å². The van der Waals surface area contributed by atoms with Gasteiger partial charge < -0.3 is 4.74 Å². The monoisotopic (exact) mass is 206 g/mol. The van der Waals surface area contributed by atoms with E-state index in [9.17, 15) is 0 Å². The van der Waals surface area contributed by atoms with Gasteiger partial charge in [0.15, 0.2) is 0 Å². The SMILES string of the molecule is CC1COC(Br)C(C)C1C. The van der Waals surface area contributed by atoms with Crippen molar-refractivity contribution in [1.82, 2.24) is 0 Å². The van der Waals surface area contributed by atoms with E-state index in [2.05, 4.69) is 36.7 Å². The van der Waals surface area contributed by atoms with Crippen LogP contribution in [0, 0.1) is 17.8 Å². The van der Waals surface area contributed by atoms with E-state index in [0.29, 0.717) is 11.8 Å². The first kappa shape index (κ1) is 8.54. The summed E-state index contributed by atoms with van der Waals surface area (Å²) in [6, 6.07) is 0. The highest BCUT2D eigenvalue weighted by Crippen LogP contribution is 2.32. The minimum atomic E-state index is 0.277. The number of hydrogen-bond donors (Lipinski definition) is 0. The van der Waals surface area contributed by atoms with Gasteiger partial charge in [0.25, 0.3) is 0 Å². The first-order valence-electron chi connectivity index (χ1n) is 3.88. The molecule has 0 spiro atoms. The van der Waals surface area contributed by atoms with Crippen LogP contribution in [-0.2, 0) is 4.74 Å². The van der Waals surface area contributed by atoms with E-state index in [-0.39, 0.29) is 5.01 Å². The molecule has 1 aliphatic heterocycles. The van der Waals surface area contributed by atoms with Gasteiger partial charge in [0, 0.05) is 0 Å². The fourth-order valence-electron chi connectivity index (χ4n) is 1.30. The smallest absolute Gasteiger partial charge is 0.115 e. The summed E-state index contributed by atoms with van der Waals surface area (Å²) in [5, 5.41) is 0.277. The second-order valence-electron chi connectivity index (χ2n) is 3.38. The summed E-state index contributed by atoms with van der Waals surface area (Å²) >= 11 is 3.50. The zero-order chi connectivity index (χ0) is 7.72. The summed E-state index contributed by atoms with van der Waals surface area (Å²) in [7, 11) is 0. The van der Waals surface area contributed by atoms with Gasteiger partial charge in [-0.2, -0.15) is 0 Å². The molecule has 0 aliphatic carbocycles. The van der Waals surface area contributed by atoms with Crippen LogP contribution in [0.15, 0.2) is 0 Å². The van der Waals surface area contributed by atoms with Gasteiger partial charge in [-0.3, -0.25) is 0 Å². The molecule has 0 radical (unpaired) electrons. The summed E-state index contributed by atoms with van der Waals surface area (Å²) in [6.07, 6.45) is 0. The molecule has 1 saturated heterocycles. The van der Waals surface area contributed by atoms with Crippen molar-refractivity contribution in [2.45, 2.75) is 25.8 Å². The Morgan fingerprint density at radius 3 is 2.30 bits per heavy atom. The Bertz CT molecular complexity index is 102. The molecule has 1 nitrogen and oxygen atoms in total. The Morgan fingerprint density at radius 2 is 1.80 bits per heavy atom. The van der Waals surface area contributed by atoms with E-state index in [1.54, 1.807) is 0 Å².